The Bertz CT molecular complexity index is 597. The molecule has 0 aliphatic carbocycles. The van der Waals surface area contributed by atoms with Gasteiger partial charge in [-0.25, -0.2) is 0 Å². The average Bonchev–Trinajstić information content (AvgIpc) is 2.48. The van der Waals surface area contributed by atoms with Crippen molar-refractivity contribution in [3.8, 4) is 0 Å². The van der Waals surface area contributed by atoms with Gasteiger partial charge in [-0.05, 0) is 42.7 Å². The first-order valence-corrected chi connectivity index (χ1v) is 6.51. The van der Waals surface area contributed by atoms with Gasteiger partial charge in [-0.2, -0.15) is 0 Å². The van der Waals surface area contributed by atoms with E-state index in [0.717, 1.165) is 16.8 Å². The monoisotopic (exact) mass is 270 g/mol. The third-order valence-electron chi connectivity index (χ3n) is 3.26. The van der Waals surface area contributed by atoms with Crippen molar-refractivity contribution in [3.63, 3.8) is 0 Å². The number of nitrogens with one attached hydrogen (secondary N) is 1. The molecule has 1 heterocycles. The fourth-order valence-electron chi connectivity index (χ4n) is 1.86. The number of amides is 1. The van der Waals surface area contributed by atoms with Gasteiger partial charge in [0.1, 0.15) is 0 Å². The van der Waals surface area contributed by atoms with E-state index in [-0.39, 0.29) is 0 Å². The minimum Gasteiger partial charge on any atom is -0.378 e. The van der Waals surface area contributed by atoms with Gasteiger partial charge >= 0.3 is 0 Å². The molecule has 1 unspecified atom stereocenters. The van der Waals surface area contributed by atoms with Crippen LogP contribution >= 0.6 is 0 Å². The number of aliphatic hydroxyl groups excluding tert-OH is 1. The van der Waals surface area contributed by atoms with Crippen LogP contribution in [0.1, 0.15) is 28.5 Å². The number of benzene rings is 1. The first kappa shape index (κ1) is 14.2. The summed E-state index contributed by atoms with van der Waals surface area (Å²) in [5.74, 6) is -0.418. The van der Waals surface area contributed by atoms with Crippen LogP contribution in [0.4, 0.5) is 0 Å². The molecular weight excluding hydrogens is 252 g/mol. The van der Waals surface area contributed by atoms with Gasteiger partial charge in [0.25, 0.3) is 5.91 Å². The van der Waals surface area contributed by atoms with Gasteiger partial charge in [-0.1, -0.05) is 24.3 Å². The molecule has 2 N–H and O–H groups in total. The summed E-state index contributed by atoms with van der Waals surface area (Å²) < 4.78 is 0. The number of carbonyl (C=O) groups is 1. The van der Waals surface area contributed by atoms with Crippen LogP contribution in [0.15, 0.2) is 42.6 Å². The second-order valence-corrected chi connectivity index (χ2v) is 4.79. The first-order chi connectivity index (χ1) is 9.58. The molecule has 2 rings (SSSR count). The molecule has 0 bridgehead atoms. The van der Waals surface area contributed by atoms with Crippen LogP contribution in [0.5, 0.6) is 0 Å². The topological polar surface area (TPSA) is 62.2 Å². The molecule has 1 aromatic heterocycles. The number of aryl methyl sites for hydroxylation is 2. The first-order valence-electron chi connectivity index (χ1n) is 6.51. The van der Waals surface area contributed by atoms with Gasteiger partial charge in [0.05, 0.1) is 12.2 Å². The summed E-state index contributed by atoms with van der Waals surface area (Å²) in [5.41, 5.74) is 3.55. The van der Waals surface area contributed by atoms with E-state index in [0.29, 0.717) is 12.1 Å². The Hall–Kier alpha value is -2.20. The van der Waals surface area contributed by atoms with Gasteiger partial charge in [0, 0.05) is 6.20 Å². The van der Waals surface area contributed by atoms with Crippen molar-refractivity contribution in [2.45, 2.75) is 26.5 Å². The van der Waals surface area contributed by atoms with Crippen LogP contribution in [0.3, 0.4) is 0 Å². The SMILES string of the molecule is Cc1ccc(C(O)C(=O)NCc2ccccn2)cc1C. The van der Waals surface area contributed by atoms with Crippen LogP contribution < -0.4 is 5.32 Å². The van der Waals surface area contributed by atoms with Crippen molar-refractivity contribution in [2.75, 3.05) is 0 Å². The number of rotatable bonds is 4. The lowest BCUT2D eigenvalue weighted by molar-refractivity contribution is -0.129. The summed E-state index contributed by atoms with van der Waals surface area (Å²) in [4.78, 5) is 16.0. The highest BCUT2D eigenvalue weighted by Crippen LogP contribution is 2.17. The van der Waals surface area contributed by atoms with Crippen molar-refractivity contribution in [3.05, 3.63) is 65.0 Å². The molecular formula is C16H18N2O2. The largest absolute Gasteiger partial charge is 0.378 e. The molecule has 20 heavy (non-hydrogen) atoms. The molecule has 0 saturated heterocycles. The molecule has 0 radical (unpaired) electrons. The molecule has 0 aliphatic heterocycles. The molecule has 0 saturated carbocycles. The number of aliphatic hydroxyl groups is 1. The van der Waals surface area contributed by atoms with Crippen LogP contribution in [-0.2, 0) is 11.3 Å². The van der Waals surface area contributed by atoms with Gasteiger partial charge in [0.15, 0.2) is 6.10 Å². The number of nitrogens with zero attached hydrogens (tertiary/aromatic N) is 1. The predicted octanol–water partition coefficient (Wildman–Crippen LogP) is 2.05. The van der Waals surface area contributed by atoms with E-state index in [9.17, 15) is 9.90 Å². The maximum Gasteiger partial charge on any atom is 0.253 e. The molecule has 1 amide bonds. The lowest BCUT2D eigenvalue weighted by Crippen LogP contribution is -2.29. The van der Waals surface area contributed by atoms with Crippen LogP contribution in [0, 0.1) is 13.8 Å². The molecule has 0 fully saturated rings. The highest BCUT2D eigenvalue weighted by molar-refractivity contribution is 5.81. The van der Waals surface area contributed by atoms with Crippen LogP contribution in [-0.4, -0.2) is 16.0 Å². The molecule has 4 heteroatoms. The fraction of sp³-hybridized carbons (Fsp3) is 0.250. The van der Waals surface area contributed by atoms with Crippen molar-refractivity contribution in [1.29, 1.82) is 0 Å². The molecule has 2 aromatic rings. The maximum absolute atomic E-state index is 11.9. The van der Waals surface area contributed by atoms with E-state index >= 15 is 0 Å². The zero-order chi connectivity index (χ0) is 14.5. The third kappa shape index (κ3) is 3.42. The van der Waals surface area contributed by atoms with Crippen molar-refractivity contribution < 1.29 is 9.90 Å². The number of hydrogen-bond acceptors (Lipinski definition) is 3. The number of aromatic nitrogens is 1. The summed E-state index contributed by atoms with van der Waals surface area (Å²) in [7, 11) is 0. The second kappa shape index (κ2) is 6.30. The molecule has 0 aliphatic rings. The summed E-state index contributed by atoms with van der Waals surface area (Å²) in [6, 6.07) is 11.0. The Labute approximate surface area is 118 Å². The van der Waals surface area contributed by atoms with E-state index in [1.165, 1.54) is 0 Å². The van der Waals surface area contributed by atoms with E-state index in [1.807, 2.05) is 44.2 Å². The average molecular weight is 270 g/mol. The lowest BCUT2D eigenvalue weighted by Gasteiger charge is -2.13. The normalized spacial score (nSPS) is 11.9. The number of carbonyl (C=O) groups excluding carboxylic acids is 1. The zero-order valence-corrected chi connectivity index (χ0v) is 11.6. The summed E-state index contributed by atoms with van der Waals surface area (Å²) in [6.07, 6.45) is 0.513. The van der Waals surface area contributed by atoms with E-state index in [2.05, 4.69) is 10.3 Å². The maximum atomic E-state index is 11.9. The standard InChI is InChI=1S/C16H18N2O2/c1-11-6-7-13(9-12(11)2)15(19)16(20)18-10-14-5-3-4-8-17-14/h3-9,15,19H,10H2,1-2H3,(H,18,20). The summed E-state index contributed by atoms with van der Waals surface area (Å²) in [6.45, 7) is 4.26. The molecule has 1 atom stereocenters. The van der Waals surface area contributed by atoms with E-state index < -0.39 is 12.0 Å². The highest BCUT2D eigenvalue weighted by Gasteiger charge is 2.17. The molecule has 0 spiro atoms. The minimum atomic E-state index is -1.15. The van der Waals surface area contributed by atoms with Crippen LogP contribution in [0.2, 0.25) is 0 Å². The Morgan fingerprint density at radius 3 is 2.70 bits per heavy atom. The van der Waals surface area contributed by atoms with Crippen molar-refractivity contribution in [2.24, 2.45) is 0 Å². The fourth-order valence-corrected chi connectivity index (χ4v) is 1.86. The smallest absolute Gasteiger partial charge is 0.253 e. The van der Waals surface area contributed by atoms with Gasteiger partial charge in [-0.15, -0.1) is 0 Å². The minimum absolute atomic E-state index is 0.307. The van der Waals surface area contributed by atoms with E-state index in [4.69, 9.17) is 0 Å². The Morgan fingerprint density at radius 1 is 1.25 bits per heavy atom. The third-order valence-corrected chi connectivity index (χ3v) is 3.26. The lowest BCUT2D eigenvalue weighted by atomic mass is 10.0. The molecule has 104 valence electrons. The molecule has 4 nitrogen and oxygen atoms in total. The van der Waals surface area contributed by atoms with Crippen molar-refractivity contribution >= 4 is 5.91 Å². The Kier molecular flexibility index (Phi) is 4.48. The Morgan fingerprint density at radius 2 is 2.05 bits per heavy atom. The van der Waals surface area contributed by atoms with E-state index in [1.54, 1.807) is 12.3 Å². The summed E-state index contributed by atoms with van der Waals surface area (Å²) >= 11 is 0. The van der Waals surface area contributed by atoms with Gasteiger partial charge in [-0.3, -0.25) is 9.78 Å². The zero-order valence-electron chi connectivity index (χ0n) is 11.6. The Balaban J connectivity index is 1.99. The number of pyridine rings is 1. The van der Waals surface area contributed by atoms with Crippen molar-refractivity contribution in [1.82, 2.24) is 10.3 Å². The molecule has 1 aromatic carbocycles. The quantitative estimate of drug-likeness (QED) is 0.893. The predicted molar refractivity (Wildman–Crippen MR) is 77.0 cm³/mol. The van der Waals surface area contributed by atoms with Gasteiger partial charge < -0.3 is 10.4 Å². The summed E-state index contributed by atoms with van der Waals surface area (Å²) in [5, 5.41) is 12.7. The highest BCUT2D eigenvalue weighted by atomic mass is 16.3. The van der Waals surface area contributed by atoms with Crippen LogP contribution in [0.25, 0.3) is 0 Å². The number of hydrogen-bond donors (Lipinski definition) is 2. The van der Waals surface area contributed by atoms with Gasteiger partial charge in [0.2, 0.25) is 0 Å². The second-order valence-electron chi connectivity index (χ2n) is 4.79.